The monoisotopic (exact) mass is 299 g/mol. The van der Waals surface area contributed by atoms with Crippen LogP contribution in [0.25, 0.3) is 0 Å². The van der Waals surface area contributed by atoms with Crippen LogP contribution in [0.15, 0.2) is 23.4 Å². The molecule has 1 fully saturated rings. The highest BCUT2D eigenvalue weighted by molar-refractivity contribution is 6.08. The second kappa shape index (κ2) is 5.11. The summed E-state index contributed by atoms with van der Waals surface area (Å²) in [6, 6.07) is 7.03. The molecule has 0 saturated heterocycles. The predicted octanol–water partition coefficient (Wildman–Crippen LogP) is 5.26. The lowest BCUT2D eigenvalue weighted by molar-refractivity contribution is 0.109. The van der Waals surface area contributed by atoms with Gasteiger partial charge in [-0.15, -0.1) is 0 Å². The first kappa shape index (κ1) is 15.6. The zero-order chi connectivity index (χ0) is 16.1. The molecule has 0 unspecified atom stereocenters. The van der Waals surface area contributed by atoms with Gasteiger partial charge in [-0.25, -0.2) is 0 Å². The van der Waals surface area contributed by atoms with Gasteiger partial charge in [0.05, 0.1) is 5.71 Å². The molecule has 0 heterocycles. The molecule has 1 aromatic carbocycles. The number of fused-ring (bicyclic) bond motifs is 3. The number of hydrogen-bond donors (Lipinski definition) is 0. The summed E-state index contributed by atoms with van der Waals surface area (Å²) in [5, 5.41) is 4.51. The van der Waals surface area contributed by atoms with E-state index in [9.17, 15) is 0 Å². The van der Waals surface area contributed by atoms with E-state index in [1.54, 1.807) is 7.11 Å². The Balaban J connectivity index is 2.23. The summed E-state index contributed by atoms with van der Waals surface area (Å²) in [5.74, 6) is 0.989. The smallest absolute Gasteiger partial charge is 0.106 e. The van der Waals surface area contributed by atoms with Crippen LogP contribution >= 0.6 is 0 Å². The van der Waals surface area contributed by atoms with Crippen LogP contribution < -0.4 is 0 Å². The van der Waals surface area contributed by atoms with Crippen molar-refractivity contribution in [1.29, 1.82) is 0 Å². The maximum absolute atomic E-state index is 5.26. The summed E-state index contributed by atoms with van der Waals surface area (Å²) in [4.78, 5) is 5.26. The first-order valence-electron chi connectivity index (χ1n) is 8.57. The van der Waals surface area contributed by atoms with Crippen molar-refractivity contribution >= 4 is 5.71 Å². The molecule has 1 saturated carbocycles. The molecule has 2 aliphatic carbocycles. The Hall–Kier alpha value is -1.31. The zero-order valence-electron chi connectivity index (χ0n) is 14.9. The summed E-state index contributed by atoms with van der Waals surface area (Å²) >= 11 is 0. The second-order valence-electron chi connectivity index (χ2n) is 8.31. The third-order valence-corrected chi connectivity index (χ3v) is 6.00. The van der Waals surface area contributed by atoms with Gasteiger partial charge in [-0.05, 0) is 41.4 Å². The van der Waals surface area contributed by atoms with Crippen molar-refractivity contribution in [3.05, 3.63) is 34.9 Å². The van der Waals surface area contributed by atoms with Gasteiger partial charge in [0.1, 0.15) is 7.11 Å². The van der Waals surface area contributed by atoms with Gasteiger partial charge in [0.15, 0.2) is 0 Å². The van der Waals surface area contributed by atoms with Gasteiger partial charge in [0, 0.05) is 16.9 Å². The molecule has 2 atom stereocenters. The minimum absolute atomic E-state index is 0.198. The summed E-state index contributed by atoms with van der Waals surface area (Å²) < 4.78 is 0. The molecule has 2 nitrogen and oxygen atoms in total. The van der Waals surface area contributed by atoms with E-state index in [1.165, 1.54) is 41.7 Å². The molecule has 120 valence electrons. The Labute approximate surface area is 134 Å². The van der Waals surface area contributed by atoms with Crippen molar-refractivity contribution in [3.63, 3.8) is 0 Å². The maximum Gasteiger partial charge on any atom is 0.106 e. The molecule has 0 aromatic heterocycles. The number of oxime groups is 1. The van der Waals surface area contributed by atoms with Crippen molar-refractivity contribution in [2.24, 2.45) is 16.5 Å². The van der Waals surface area contributed by atoms with Crippen LogP contribution in [0.3, 0.4) is 0 Å². The summed E-state index contributed by atoms with van der Waals surface area (Å²) in [6.07, 6.45) is 3.81. The standard InChI is InChI=1S/C20H29NO/c1-13(2)14-8-9-16-15(12-14)17(21-22-6)18-19(3,4)10-7-11-20(16,18)5/h8-9,12-13,18H,7,10-11H2,1-6H3/b21-17+/t18-,20-/m1/s1. The van der Waals surface area contributed by atoms with E-state index in [1.807, 2.05) is 0 Å². The molecule has 22 heavy (non-hydrogen) atoms. The van der Waals surface area contributed by atoms with Gasteiger partial charge < -0.3 is 4.84 Å². The largest absolute Gasteiger partial charge is 0.399 e. The Bertz CT molecular complexity index is 614. The average Bonchev–Trinajstić information content (AvgIpc) is 2.69. The number of rotatable bonds is 2. The lowest BCUT2D eigenvalue weighted by atomic mass is 9.56. The fourth-order valence-electron chi connectivity index (χ4n) is 5.01. The van der Waals surface area contributed by atoms with E-state index in [0.717, 1.165) is 0 Å². The van der Waals surface area contributed by atoms with Gasteiger partial charge in [0.2, 0.25) is 0 Å². The quantitative estimate of drug-likeness (QED) is 0.683. The summed E-state index contributed by atoms with van der Waals surface area (Å²) in [7, 11) is 1.67. The molecule has 0 aliphatic heterocycles. The Morgan fingerprint density at radius 3 is 2.55 bits per heavy atom. The van der Waals surface area contributed by atoms with E-state index >= 15 is 0 Å². The SMILES string of the molecule is CO/N=C1\c2cc(C(C)C)ccc2[C@@]2(C)CCCC(C)(C)[C@@H]12. The molecule has 0 bridgehead atoms. The highest BCUT2D eigenvalue weighted by atomic mass is 16.6. The third-order valence-electron chi connectivity index (χ3n) is 6.00. The van der Waals surface area contributed by atoms with Crippen LogP contribution in [-0.4, -0.2) is 12.8 Å². The van der Waals surface area contributed by atoms with Crippen molar-refractivity contribution in [2.75, 3.05) is 7.11 Å². The molecular weight excluding hydrogens is 270 g/mol. The van der Waals surface area contributed by atoms with E-state index in [-0.39, 0.29) is 10.8 Å². The van der Waals surface area contributed by atoms with Crippen LogP contribution in [-0.2, 0) is 10.3 Å². The van der Waals surface area contributed by atoms with Gasteiger partial charge in [-0.2, -0.15) is 0 Å². The number of nitrogens with zero attached hydrogens (tertiary/aromatic N) is 1. The molecule has 0 N–H and O–H groups in total. The first-order valence-corrected chi connectivity index (χ1v) is 8.57. The second-order valence-corrected chi connectivity index (χ2v) is 8.31. The molecule has 0 amide bonds. The molecule has 1 aromatic rings. The average molecular weight is 299 g/mol. The number of benzene rings is 1. The lowest BCUT2D eigenvalue weighted by Crippen LogP contribution is -2.44. The highest BCUT2D eigenvalue weighted by Crippen LogP contribution is 2.58. The summed E-state index contributed by atoms with van der Waals surface area (Å²) in [5.41, 5.74) is 5.83. The van der Waals surface area contributed by atoms with E-state index in [0.29, 0.717) is 11.8 Å². The Morgan fingerprint density at radius 2 is 1.91 bits per heavy atom. The van der Waals surface area contributed by atoms with Gasteiger partial charge >= 0.3 is 0 Å². The minimum atomic E-state index is 0.198. The van der Waals surface area contributed by atoms with Gasteiger partial charge in [-0.1, -0.05) is 58.3 Å². The Morgan fingerprint density at radius 1 is 1.18 bits per heavy atom. The third kappa shape index (κ3) is 2.11. The van der Waals surface area contributed by atoms with Crippen LogP contribution in [0.2, 0.25) is 0 Å². The van der Waals surface area contributed by atoms with Crippen molar-refractivity contribution in [2.45, 2.75) is 65.2 Å². The minimum Gasteiger partial charge on any atom is -0.399 e. The van der Waals surface area contributed by atoms with Crippen LogP contribution in [0.1, 0.15) is 76.5 Å². The van der Waals surface area contributed by atoms with Crippen LogP contribution in [0.4, 0.5) is 0 Å². The fraction of sp³-hybridized carbons (Fsp3) is 0.650. The van der Waals surface area contributed by atoms with E-state index in [4.69, 9.17) is 4.84 Å². The van der Waals surface area contributed by atoms with Crippen molar-refractivity contribution in [3.8, 4) is 0 Å². The molecule has 0 radical (unpaired) electrons. The zero-order valence-corrected chi connectivity index (χ0v) is 14.9. The maximum atomic E-state index is 5.26. The summed E-state index contributed by atoms with van der Waals surface area (Å²) in [6.45, 7) is 11.7. The Kier molecular flexibility index (Phi) is 3.62. The fourth-order valence-corrected chi connectivity index (χ4v) is 5.01. The first-order chi connectivity index (χ1) is 10.3. The molecule has 2 heteroatoms. The van der Waals surface area contributed by atoms with Crippen molar-refractivity contribution < 1.29 is 4.84 Å². The molecule has 0 spiro atoms. The lowest BCUT2D eigenvalue weighted by Gasteiger charge is -2.47. The highest BCUT2D eigenvalue weighted by Gasteiger charge is 2.55. The number of hydrogen-bond acceptors (Lipinski definition) is 2. The van der Waals surface area contributed by atoms with E-state index in [2.05, 4.69) is 58.0 Å². The van der Waals surface area contributed by atoms with Gasteiger partial charge in [0.25, 0.3) is 0 Å². The van der Waals surface area contributed by atoms with Gasteiger partial charge in [-0.3, -0.25) is 0 Å². The van der Waals surface area contributed by atoms with Crippen LogP contribution in [0.5, 0.6) is 0 Å². The van der Waals surface area contributed by atoms with Crippen LogP contribution in [0, 0.1) is 11.3 Å². The predicted molar refractivity (Wildman–Crippen MR) is 92.6 cm³/mol. The van der Waals surface area contributed by atoms with Crippen molar-refractivity contribution in [1.82, 2.24) is 0 Å². The molecular formula is C20H29NO. The van der Waals surface area contributed by atoms with E-state index < -0.39 is 0 Å². The molecule has 2 aliphatic rings. The topological polar surface area (TPSA) is 21.6 Å². The molecule has 3 rings (SSSR count). The normalized spacial score (nSPS) is 31.2.